The van der Waals surface area contributed by atoms with Crippen LogP contribution in [-0.2, 0) is 0 Å². The lowest BCUT2D eigenvalue weighted by Crippen LogP contribution is -2.08. The van der Waals surface area contributed by atoms with E-state index in [0.717, 1.165) is 22.8 Å². The first-order valence-electron chi connectivity index (χ1n) is 6.99. The van der Waals surface area contributed by atoms with Crippen LogP contribution in [0.4, 0.5) is 0 Å². The van der Waals surface area contributed by atoms with Crippen LogP contribution in [-0.4, -0.2) is 13.7 Å². The van der Waals surface area contributed by atoms with Crippen molar-refractivity contribution in [3.8, 4) is 23.0 Å². The van der Waals surface area contributed by atoms with Crippen LogP contribution in [0.15, 0.2) is 42.5 Å². The van der Waals surface area contributed by atoms with Crippen molar-refractivity contribution in [2.75, 3.05) is 13.7 Å². The summed E-state index contributed by atoms with van der Waals surface area (Å²) in [6.07, 6.45) is 0. The molecule has 0 heterocycles. The van der Waals surface area contributed by atoms with Gasteiger partial charge in [0, 0.05) is 6.04 Å². The number of rotatable bonds is 6. The molecule has 0 fully saturated rings. The van der Waals surface area contributed by atoms with Crippen molar-refractivity contribution in [1.82, 2.24) is 0 Å². The second-order valence-corrected chi connectivity index (χ2v) is 4.67. The van der Waals surface area contributed by atoms with E-state index in [1.54, 1.807) is 7.11 Å². The summed E-state index contributed by atoms with van der Waals surface area (Å²) in [6, 6.07) is 13.0. The van der Waals surface area contributed by atoms with E-state index >= 15 is 0 Å². The Bertz CT molecular complexity index is 579. The van der Waals surface area contributed by atoms with Crippen LogP contribution in [0.5, 0.6) is 23.0 Å². The molecule has 4 nitrogen and oxygen atoms in total. The minimum Gasteiger partial charge on any atom is -0.496 e. The Hall–Kier alpha value is -2.20. The maximum Gasteiger partial charge on any atom is 0.135 e. The van der Waals surface area contributed by atoms with Crippen LogP contribution < -0.4 is 19.9 Å². The van der Waals surface area contributed by atoms with Crippen molar-refractivity contribution in [3.63, 3.8) is 0 Å². The number of methoxy groups -OCH3 is 1. The molecule has 0 aliphatic heterocycles. The highest BCUT2D eigenvalue weighted by atomic mass is 16.5. The molecule has 0 bridgehead atoms. The van der Waals surface area contributed by atoms with Crippen LogP contribution in [0, 0.1) is 0 Å². The average Bonchev–Trinajstić information content (AvgIpc) is 2.49. The summed E-state index contributed by atoms with van der Waals surface area (Å²) in [5.74, 6) is 2.98. The van der Waals surface area contributed by atoms with Gasteiger partial charge in [0.2, 0.25) is 0 Å². The van der Waals surface area contributed by atoms with Crippen molar-refractivity contribution in [2.45, 2.75) is 19.9 Å². The monoisotopic (exact) mass is 287 g/mol. The third-order valence-corrected chi connectivity index (χ3v) is 3.06. The summed E-state index contributed by atoms with van der Waals surface area (Å²) in [5, 5.41) is 0. The lowest BCUT2D eigenvalue weighted by Gasteiger charge is -2.17. The summed E-state index contributed by atoms with van der Waals surface area (Å²) >= 11 is 0. The minimum absolute atomic E-state index is 0.182. The summed E-state index contributed by atoms with van der Waals surface area (Å²) in [6.45, 7) is 4.50. The van der Waals surface area contributed by atoms with E-state index in [-0.39, 0.29) is 6.04 Å². The van der Waals surface area contributed by atoms with Crippen LogP contribution >= 0.6 is 0 Å². The molecule has 0 aromatic heterocycles. The van der Waals surface area contributed by atoms with Gasteiger partial charge in [0.25, 0.3) is 0 Å². The molecule has 0 radical (unpaired) electrons. The van der Waals surface area contributed by atoms with Crippen LogP contribution in [0.2, 0.25) is 0 Å². The zero-order chi connectivity index (χ0) is 15.2. The normalized spacial score (nSPS) is 11.8. The zero-order valence-electron chi connectivity index (χ0n) is 12.6. The van der Waals surface area contributed by atoms with Gasteiger partial charge in [-0.1, -0.05) is 6.07 Å². The van der Waals surface area contributed by atoms with Crippen molar-refractivity contribution < 1.29 is 14.2 Å². The van der Waals surface area contributed by atoms with Gasteiger partial charge in [-0.25, -0.2) is 0 Å². The Labute approximate surface area is 125 Å². The SMILES string of the molecule is CCOc1ccc(Oc2cccc(OC)c2[C@@H](C)N)cc1. The molecule has 2 N–H and O–H groups in total. The molecular formula is C17H21NO3. The fourth-order valence-electron chi connectivity index (χ4n) is 2.14. The van der Waals surface area contributed by atoms with Gasteiger partial charge >= 0.3 is 0 Å². The molecule has 0 amide bonds. The van der Waals surface area contributed by atoms with Crippen molar-refractivity contribution in [1.29, 1.82) is 0 Å². The van der Waals surface area contributed by atoms with Crippen molar-refractivity contribution in [3.05, 3.63) is 48.0 Å². The predicted octanol–water partition coefficient (Wildman–Crippen LogP) is 3.91. The van der Waals surface area contributed by atoms with Gasteiger partial charge in [-0.15, -0.1) is 0 Å². The topological polar surface area (TPSA) is 53.7 Å². The number of hydrogen-bond acceptors (Lipinski definition) is 4. The van der Waals surface area contributed by atoms with Gasteiger partial charge in [-0.05, 0) is 50.2 Å². The van der Waals surface area contributed by atoms with Crippen LogP contribution in [0.25, 0.3) is 0 Å². The van der Waals surface area contributed by atoms with E-state index in [4.69, 9.17) is 19.9 Å². The molecule has 0 unspecified atom stereocenters. The first-order chi connectivity index (χ1) is 10.2. The molecule has 0 saturated carbocycles. The molecule has 4 heteroatoms. The van der Waals surface area contributed by atoms with E-state index in [0.29, 0.717) is 12.4 Å². The lowest BCUT2D eigenvalue weighted by molar-refractivity contribution is 0.339. The molecule has 2 aromatic carbocycles. The molecule has 112 valence electrons. The molecule has 2 aromatic rings. The Kier molecular flexibility index (Phi) is 5.06. The van der Waals surface area contributed by atoms with Gasteiger partial charge < -0.3 is 19.9 Å². The number of hydrogen-bond donors (Lipinski definition) is 1. The average molecular weight is 287 g/mol. The van der Waals surface area contributed by atoms with Gasteiger partial charge in [0.1, 0.15) is 23.0 Å². The fraction of sp³-hybridized carbons (Fsp3) is 0.294. The minimum atomic E-state index is -0.182. The highest BCUT2D eigenvalue weighted by molar-refractivity contribution is 5.48. The van der Waals surface area contributed by atoms with Crippen molar-refractivity contribution >= 4 is 0 Å². The third-order valence-electron chi connectivity index (χ3n) is 3.06. The predicted molar refractivity (Wildman–Crippen MR) is 83.3 cm³/mol. The molecule has 0 aliphatic rings. The van der Waals surface area contributed by atoms with Gasteiger partial charge in [0.15, 0.2) is 0 Å². The maximum absolute atomic E-state index is 6.03. The summed E-state index contributed by atoms with van der Waals surface area (Å²) < 4.78 is 16.7. The first-order valence-corrected chi connectivity index (χ1v) is 6.99. The van der Waals surface area contributed by atoms with E-state index in [9.17, 15) is 0 Å². The van der Waals surface area contributed by atoms with E-state index in [2.05, 4.69) is 0 Å². The second-order valence-electron chi connectivity index (χ2n) is 4.67. The maximum atomic E-state index is 6.03. The summed E-state index contributed by atoms with van der Waals surface area (Å²) in [4.78, 5) is 0. The van der Waals surface area contributed by atoms with E-state index < -0.39 is 0 Å². The molecule has 1 atom stereocenters. The Balaban J connectivity index is 2.26. The molecule has 21 heavy (non-hydrogen) atoms. The van der Waals surface area contributed by atoms with Crippen molar-refractivity contribution in [2.24, 2.45) is 5.73 Å². The van der Waals surface area contributed by atoms with E-state index in [1.165, 1.54) is 0 Å². The molecule has 0 aliphatic carbocycles. The second kappa shape index (κ2) is 6.99. The van der Waals surface area contributed by atoms with Gasteiger partial charge in [-0.3, -0.25) is 0 Å². The number of ether oxygens (including phenoxy) is 3. The Morgan fingerprint density at radius 1 is 1.00 bits per heavy atom. The first kappa shape index (κ1) is 15.2. The van der Waals surface area contributed by atoms with Gasteiger partial charge in [0.05, 0.1) is 19.3 Å². The zero-order valence-corrected chi connectivity index (χ0v) is 12.6. The molecule has 0 spiro atoms. The standard InChI is InChI=1S/C17H21NO3/c1-4-20-13-8-10-14(11-9-13)21-16-7-5-6-15(19-3)17(16)12(2)18/h5-12H,4,18H2,1-3H3/t12-/m1/s1. The number of nitrogens with two attached hydrogens (primary N) is 1. The van der Waals surface area contributed by atoms with Crippen LogP contribution in [0.3, 0.4) is 0 Å². The number of benzene rings is 2. The summed E-state index contributed by atoms with van der Waals surface area (Å²) in [7, 11) is 1.63. The summed E-state index contributed by atoms with van der Waals surface area (Å²) in [5.41, 5.74) is 6.88. The smallest absolute Gasteiger partial charge is 0.135 e. The molecular weight excluding hydrogens is 266 g/mol. The highest BCUT2D eigenvalue weighted by Gasteiger charge is 2.14. The Morgan fingerprint density at radius 2 is 1.62 bits per heavy atom. The molecule has 2 rings (SSSR count). The molecule has 0 saturated heterocycles. The quantitative estimate of drug-likeness (QED) is 0.875. The van der Waals surface area contributed by atoms with Crippen LogP contribution in [0.1, 0.15) is 25.5 Å². The van der Waals surface area contributed by atoms with Gasteiger partial charge in [-0.2, -0.15) is 0 Å². The third kappa shape index (κ3) is 3.67. The largest absolute Gasteiger partial charge is 0.496 e. The van der Waals surface area contributed by atoms with E-state index in [1.807, 2.05) is 56.3 Å². The fourth-order valence-corrected chi connectivity index (χ4v) is 2.14. The lowest BCUT2D eigenvalue weighted by atomic mass is 10.1. The highest BCUT2D eigenvalue weighted by Crippen LogP contribution is 2.35. The Morgan fingerprint density at radius 3 is 2.19 bits per heavy atom.